The number of aliphatic hydroxyl groups excluding tert-OH is 1. The van der Waals surface area contributed by atoms with Crippen molar-refractivity contribution in [1.82, 2.24) is 10.3 Å². The smallest absolute Gasteiger partial charge is 0.320 e. The van der Waals surface area contributed by atoms with Gasteiger partial charge < -0.3 is 10.4 Å². The molecule has 1 rings (SSSR count). The van der Waals surface area contributed by atoms with Crippen LogP contribution in [0, 0.1) is 12.3 Å². The number of urea groups is 1. The summed E-state index contributed by atoms with van der Waals surface area (Å²) in [6.07, 6.45) is 1.93. The number of aliphatic hydroxyl groups is 1. The van der Waals surface area contributed by atoms with Crippen LogP contribution in [0.25, 0.3) is 0 Å². The summed E-state index contributed by atoms with van der Waals surface area (Å²) in [6, 6.07) is 1.58. The van der Waals surface area contributed by atoms with Crippen molar-refractivity contribution in [3.05, 3.63) is 22.3 Å². The molecule has 3 N–H and O–H groups in total. The lowest BCUT2D eigenvalue weighted by molar-refractivity contribution is 0.129. The molecule has 0 radical (unpaired) electrons. The molecule has 0 fully saturated rings. The van der Waals surface area contributed by atoms with E-state index in [1.165, 1.54) is 0 Å². The molecule has 0 aliphatic rings. The van der Waals surface area contributed by atoms with E-state index >= 15 is 0 Å². The number of nitrogens with zero attached hydrogens (tertiary/aromatic N) is 1. The van der Waals surface area contributed by atoms with Gasteiger partial charge in [0, 0.05) is 12.7 Å². The summed E-state index contributed by atoms with van der Waals surface area (Å²) in [5, 5.41) is 14.9. The summed E-state index contributed by atoms with van der Waals surface area (Å²) < 4.78 is 0.746. The maximum absolute atomic E-state index is 11.8. The Hall–Kier alpha value is -1.14. The molecule has 6 heteroatoms. The highest BCUT2D eigenvalue weighted by atomic mass is 79.9. The van der Waals surface area contributed by atoms with Crippen molar-refractivity contribution in [2.45, 2.75) is 40.2 Å². The number of pyridine rings is 1. The van der Waals surface area contributed by atoms with Gasteiger partial charge in [-0.25, -0.2) is 9.78 Å². The van der Waals surface area contributed by atoms with Crippen molar-refractivity contribution in [2.24, 2.45) is 5.41 Å². The molecule has 0 aliphatic heterocycles. The van der Waals surface area contributed by atoms with Crippen LogP contribution < -0.4 is 10.6 Å². The zero-order valence-corrected chi connectivity index (χ0v) is 13.9. The third-order valence-corrected chi connectivity index (χ3v) is 3.39. The van der Waals surface area contributed by atoms with Crippen LogP contribution in [0.2, 0.25) is 0 Å². The van der Waals surface area contributed by atoms with Gasteiger partial charge in [0.25, 0.3) is 0 Å². The Morgan fingerprint density at radius 1 is 1.55 bits per heavy atom. The van der Waals surface area contributed by atoms with Crippen LogP contribution in [-0.2, 0) is 0 Å². The summed E-state index contributed by atoms with van der Waals surface area (Å²) in [5.74, 6) is 0.487. The number of hydrogen-bond donors (Lipinski definition) is 3. The number of aromatic nitrogens is 1. The quantitative estimate of drug-likeness (QED) is 0.769. The van der Waals surface area contributed by atoms with E-state index in [1.807, 2.05) is 26.8 Å². The van der Waals surface area contributed by atoms with Crippen molar-refractivity contribution in [2.75, 3.05) is 11.9 Å². The van der Waals surface area contributed by atoms with Gasteiger partial charge in [0.2, 0.25) is 0 Å². The average Bonchev–Trinajstić information content (AvgIpc) is 2.29. The lowest BCUT2D eigenvalue weighted by Gasteiger charge is -2.26. The Morgan fingerprint density at radius 3 is 2.75 bits per heavy atom. The molecule has 1 atom stereocenters. The molecule has 0 saturated carbocycles. The van der Waals surface area contributed by atoms with E-state index in [1.54, 1.807) is 13.1 Å². The second-order valence-corrected chi connectivity index (χ2v) is 6.72. The first kappa shape index (κ1) is 16.9. The third kappa shape index (κ3) is 5.88. The van der Waals surface area contributed by atoms with E-state index in [0.29, 0.717) is 18.8 Å². The van der Waals surface area contributed by atoms with Gasteiger partial charge >= 0.3 is 6.03 Å². The van der Waals surface area contributed by atoms with Crippen molar-refractivity contribution < 1.29 is 9.90 Å². The van der Waals surface area contributed by atoms with E-state index < -0.39 is 0 Å². The minimum atomic E-state index is -0.386. The van der Waals surface area contributed by atoms with E-state index in [0.717, 1.165) is 10.0 Å². The average molecular weight is 344 g/mol. The van der Waals surface area contributed by atoms with Crippen molar-refractivity contribution >= 4 is 27.8 Å². The predicted molar refractivity (Wildman–Crippen MR) is 83.8 cm³/mol. The summed E-state index contributed by atoms with van der Waals surface area (Å²) in [5.41, 5.74) is 0.851. The van der Waals surface area contributed by atoms with Crippen LogP contribution in [0.15, 0.2) is 16.7 Å². The highest BCUT2D eigenvalue weighted by Gasteiger charge is 2.21. The van der Waals surface area contributed by atoms with Crippen LogP contribution in [0.4, 0.5) is 10.6 Å². The van der Waals surface area contributed by atoms with Gasteiger partial charge in [-0.1, -0.05) is 13.8 Å². The van der Waals surface area contributed by atoms with Crippen molar-refractivity contribution in [3.63, 3.8) is 0 Å². The fraction of sp³-hybridized carbons (Fsp3) is 0.571. The van der Waals surface area contributed by atoms with Crippen LogP contribution in [0.1, 0.15) is 32.8 Å². The lowest BCUT2D eigenvalue weighted by atomic mass is 9.87. The van der Waals surface area contributed by atoms with E-state index in [9.17, 15) is 9.90 Å². The first-order chi connectivity index (χ1) is 9.19. The van der Waals surface area contributed by atoms with E-state index in [4.69, 9.17) is 0 Å². The SMILES string of the molecule is Cc1cnc(NC(=O)NCC(C)(C)CC(C)O)c(Br)c1. The van der Waals surface area contributed by atoms with Crippen LogP contribution in [0.3, 0.4) is 0 Å². The topological polar surface area (TPSA) is 74.2 Å². The molecular formula is C14H22BrN3O2. The Balaban J connectivity index is 2.52. The summed E-state index contributed by atoms with van der Waals surface area (Å²) in [7, 11) is 0. The molecule has 20 heavy (non-hydrogen) atoms. The molecule has 1 aromatic heterocycles. The van der Waals surface area contributed by atoms with Gasteiger partial charge in [-0.3, -0.25) is 5.32 Å². The number of carbonyl (C=O) groups is 1. The lowest BCUT2D eigenvalue weighted by Crippen LogP contribution is -2.38. The zero-order valence-electron chi connectivity index (χ0n) is 12.3. The number of amides is 2. The number of aryl methyl sites for hydroxylation is 1. The molecular weight excluding hydrogens is 322 g/mol. The molecule has 2 amide bonds. The van der Waals surface area contributed by atoms with E-state index in [-0.39, 0.29) is 17.6 Å². The number of carbonyl (C=O) groups excluding carboxylic acids is 1. The zero-order chi connectivity index (χ0) is 15.3. The van der Waals surface area contributed by atoms with Gasteiger partial charge in [-0.05, 0) is 53.2 Å². The molecule has 0 bridgehead atoms. The monoisotopic (exact) mass is 343 g/mol. The largest absolute Gasteiger partial charge is 0.393 e. The van der Waals surface area contributed by atoms with Gasteiger partial charge in [0.15, 0.2) is 0 Å². The van der Waals surface area contributed by atoms with Crippen molar-refractivity contribution in [3.8, 4) is 0 Å². The molecule has 112 valence electrons. The normalized spacial score (nSPS) is 12.9. The third-order valence-electron chi connectivity index (χ3n) is 2.79. The summed E-state index contributed by atoms with van der Waals surface area (Å²) >= 11 is 3.36. The number of hydrogen-bond acceptors (Lipinski definition) is 3. The Morgan fingerprint density at radius 2 is 2.20 bits per heavy atom. The molecule has 5 nitrogen and oxygen atoms in total. The van der Waals surface area contributed by atoms with Crippen molar-refractivity contribution in [1.29, 1.82) is 0 Å². The second kappa shape index (κ2) is 7.04. The van der Waals surface area contributed by atoms with Gasteiger partial charge in [0.05, 0.1) is 10.6 Å². The molecule has 1 aromatic rings. The Bertz CT molecular complexity index is 475. The number of rotatable bonds is 5. The molecule has 0 saturated heterocycles. The fourth-order valence-electron chi connectivity index (χ4n) is 1.97. The maximum Gasteiger partial charge on any atom is 0.320 e. The first-order valence-corrected chi connectivity index (χ1v) is 7.34. The number of anilines is 1. The van der Waals surface area contributed by atoms with Crippen LogP contribution >= 0.6 is 15.9 Å². The van der Waals surface area contributed by atoms with Crippen LogP contribution in [0.5, 0.6) is 0 Å². The highest BCUT2D eigenvalue weighted by molar-refractivity contribution is 9.10. The Labute approximate surface area is 128 Å². The number of nitrogens with one attached hydrogen (secondary N) is 2. The molecule has 1 unspecified atom stereocenters. The first-order valence-electron chi connectivity index (χ1n) is 6.55. The molecule has 0 aromatic carbocycles. The standard InChI is InChI=1S/C14H22BrN3O2/c1-9-5-11(15)12(16-7-9)18-13(20)17-8-14(3,4)6-10(2)19/h5,7,10,19H,6,8H2,1-4H3,(H2,16,17,18,20). The van der Waals surface area contributed by atoms with Gasteiger partial charge in [-0.15, -0.1) is 0 Å². The Kier molecular flexibility index (Phi) is 5.95. The summed E-state index contributed by atoms with van der Waals surface area (Å²) in [4.78, 5) is 16.0. The number of halogens is 1. The summed E-state index contributed by atoms with van der Waals surface area (Å²) in [6.45, 7) is 8.16. The molecule has 0 aliphatic carbocycles. The highest BCUT2D eigenvalue weighted by Crippen LogP contribution is 2.22. The van der Waals surface area contributed by atoms with Gasteiger partial charge in [-0.2, -0.15) is 0 Å². The minimum absolute atomic E-state index is 0.163. The predicted octanol–water partition coefficient (Wildman–Crippen LogP) is 3.07. The van der Waals surface area contributed by atoms with E-state index in [2.05, 4.69) is 31.5 Å². The maximum atomic E-state index is 11.8. The minimum Gasteiger partial charge on any atom is -0.393 e. The molecule has 0 spiro atoms. The second-order valence-electron chi connectivity index (χ2n) is 5.87. The fourth-order valence-corrected chi connectivity index (χ4v) is 2.53. The molecule has 1 heterocycles. The van der Waals surface area contributed by atoms with Crippen LogP contribution in [-0.4, -0.2) is 28.8 Å². The van der Waals surface area contributed by atoms with Gasteiger partial charge in [0.1, 0.15) is 5.82 Å².